The van der Waals surface area contributed by atoms with E-state index in [1.165, 1.54) is 37.7 Å². The van der Waals surface area contributed by atoms with Gasteiger partial charge in [0.2, 0.25) is 0 Å². The highest BCUT2D eigenvalue weighted by molar-refractivity contribution is 7.90. The molecule has 0 saturated heterocycles. The Balaban J connectivity index is 1.76. The van der Waals surface area contributed by atoms with Gasteiger partial charge in [-0.05, 0) is 48.1 Å². The van der Waals surface area contributed by atoms with Crippen LogP contribution in [0.4, 0.5) is 0 Å². The Bertz CT molecular complexity index is 774. The standard InChI is InChI=1S/C25H46NOSi4/c1-28(2,3)31(29(4,5)6,30(7,8)9)23-24-18-13-16-22(24)17-19-25(23,24)26-27-20-21-14-11-10-12-15-21/h10-12,14-15,22-23H,13,16-20H2,1-9H3. The summed E-state index contributed by atoms with van der Waals surface area (Å²) in [5, 5.41) is 0. The summed E-state index contributed by atoms with van der Waals surface area (Å²) in [6.45, 7) is 24.0. The molecule has 1 radical (unpaired) electrons. The van der Waals surface area contributed by atoms with Crippen molar-refractivity contribution in [2.24, 2.45) is 11.3 Å². The highest BCUT2D eigenvalue weighted by Crippen LogP contribution is 2.86. The van der Waals surface area contributed by atoms with Crippen molar-refractivity contribution < 1.29 is 4.84 Å². The summed E-state index contributed by atoms with van der Waals surface area (Å²) < 4.78 is 0. The maximum absolute atomic E-state index is 6.31. The van der Waals surface area contributed by atoms with Crippen LogP contribution in [0.15, 0.2) is 30.3 Å². The molecule has 1 aromatic rings. The predicted octanol–water partition coefficient (Wildman–Crippen LogP) is 7.12. The number of nitrogens with zero attached hydrogens (tertiary/aromatic N) is 1. The topological polar surface area (TPSA) is 23.3 Å². The monoisotopic (exact) mass is 488 g/mol. The molecule has 0 amide bonds. The fourth-order valence-electron chi connectivity index (χ4n) is 10.2. The molecule has 2 nitrogen and oxygen atoms in total. The van der Waals surface area contributed by atoms with Crippen LogP contribution in [0, 0.1) is 11.3 Å². The van der Waals surface area contributed by atoms with Crippen LogP contribution in [-0.2, 0) is 11.4 Å². The number of hydrogen-bond acceptors (Lipinski definition) is 1. The van der Waals surface area contributed by atoms with E-state index >= 15 is 0 Å². The maximum Gasteiger partial charge on any atom is 0.0953 e. The van der Waals surface area contributed by atoms with Gasteiger partial charge in [0.15, 0.2) is 0 Å². The van der Waals surface area contributed by atoms with Gasteiger partial charge < -0.3 is 0 Å². The van der Waals surface area contributed by atoms with Gasteiger partial charge in [0.25, 0.3) is 0 Å². The minimum absolute atomic E-state index is 0.163. The van der Waals surface area contributed by atoms with E-state index in [0.717, 1.165) is 11.5 Å². The Morgan fingerprint density at radius 3 is 1.97 bits per heavy atom. The van der Waals surface area contributed by atoms with E-state index in [2.05, 4.69) is 89.3 Å². The minimum Gasteiger partial charge on any atom is -0.277 e. The molecule has 4 rings (SSSR count). The molecule has 3 aliphatic carbocycles. The fraction of sp³-hybridized carbons (Fsp3) is 0.760. The number of hydrogen-bond donors (Lipinski definition) is 0. The third kappa shape index (κ3) is 3.18. The third-order valence-corrected chi connectivity index (χ3v) is 83.1. The summed E-state index contributed by atoms with van der Waals surface area (Å²) in [6.07, 6.45) is 7.05. The average molecular weight is 489 g/mol. The van der Waals surface area contributed by atoms with Gasteiger partial charge in [-0.15, -0.1) is 0 Å². The first-order chi connectivity index (χ1) is 14.3. The van der Waals surface area contributed by atoms with Gasteiger partial charge in [-0.1, -0.05) is 101 Å². The Labute approximate surface area is 195 Å². The molecule has 0 heterocycles. The lowest BCUT2D eigenvalue weighted by molar-refractivity contribution is -0.0206. The lowest BCUT2D eigenvalue weighted by Gasteiger charge is -2.59. The molecule has 0 N–H and O–H groups in total. The first-order valence-electron chi connectivity index (χ1n) is 12.6. The Morgan fingerprint density at radius 2 is 1.42 bits per heavy atom. The van der Waals surface area contributed by atoms with Crippen molar-refractivity contribution >= 4 is 29.4 Å². The molecular formula is C25H46NOSi4. The predicted molar refractivity (Wildman–Crippen MR) is 145 cm³/mol. The zero-order chi connectivity index (χ0) is 22.9. The van der Waals surface area contributed by atoms with Crippen LogP contribution in [0.25, 0.3) is 0 Å². The van der Waals surface area contributed by atoms with Crippen molar-refractivity contribution in [2.75, 3.05) is 0 Å². The summed E-state index contributed by atoms with van der Waals surface area (Å²) in [5.74, 6) is 0.928. The Hall–Kier alpha value is 0.00753. The van der Waals surface area contributed by atoms with Gasteiger partial charge in [0, 0.05) is 29.4 Å². The van der Waals surface area contributed by atoms with E-state index in [-0.39, 0.29) is 5.54 Å². The summed E-state index contributed by atoms with van der Waals surface area (Å²) in [6, 6.07) is 10.7. The second-order valence-corrected chi connectivity index (χ2v) is 54.7. The quantitative estimate of drug-likeness (QED) is 0.282. The second kappa shape index (κ2) is 7.50. The normalized spacial score (nSPS) is 33.3. The minimum atomic E-state index is -1.52. The van der Waals surface area contributed by atoms with Gasteiger partial charge >= 0.3 is 0 Å². The SMILES string of the molecule is C[Si](C)(C)[Si](C1C2([N]OCc3ccccc3)CCC3CCCC312)([Si](C)(C)C)[Si](C)(C)C. The summed E-state index contributed by atoms with van der Waals surface area (Å²) in [7, 11) is -4.03. The van der Waals surface area contributed by atoms with Crippen molar-refractivity contribution in [3.05, 3.63) is 35.9 Å². The Morgan fingerprint density at radius 1 is 0.839 bits per heavy atom. The molecule has 0 aromatic heterocycles. The Kier molecular flexibility index (Phi) is 5.84. The summed E-state index contributed by atoms with van der Waals surface area (Å²) >= 11 is 0. The van der Waals surface area contributed by atoms with Gasteiger partial charge in [0.05, 0.1) is 12.1 Å². The molecule has 3 aliphatic rings. The second-order valence-electron chi connectivity index (χ2n) is 13.9. The van der Waals surface area contributed by atoms with E-state index in [0.29, 0.717) is 12.0 Å². The van der Waals surface area contributed by atoms with Crippen molar-refractivity contribution in [3.8, 4) is 0 Å². The maximum atomic E-state index is 6.31. The van der Waals surface area contributed by atoms with E-state index in [4.69, 9.17) is 10.3 Å². The smallest absolute Gasteiger partial charge is 0.0953 e. The molecule has 4 unspecified atom stereocenters. The molecule has 3 saturated carbocycles. The van der Waals surface area contributed by atoms with Gasteiger partial charge in [-0.2, -0.15) is 0 Å². The molecule has 0 bridgehead atoms. The summed E-state index contributed by atoms with van der Waals surface area (Å²) in [4.78, 5) is 6.31. The van der Waals surface area contributed by atoms with Crippen LogP contribution in [-0.4, -0.2) is 34.9 Å². The number of hydroxylamine groups is 1. The van der Waals surface area contributed by atoms with Crippen LogP contribution in [0.3, 0.4) is 0 Å². The zero-order valence-electron chi connectivity index (χ0n) is 21.6. The molecule has 1 aromatic carbocycles. The van der Waals surface area contributed by atoms with Crippen molar-refractivity contribution in [2.45, 2.75) is 109 Å². The molecule has 4 atom stereocenters. The molecule has 6 heteroatoms. The molecule has 3 fully saturated rings. The van der Waals surface area contributed by atoms with Crippen LogP contribution >= 0.6 is 0 Å². The summed E-state index contributed by atoms with van der Waals surface area (Å²) in [5.41, 5.74) is 8.18. The molecule has 31 heavy (non-hydrogen) atoms. The highest BCUT2D eigenvalue weighted by Gasteiger charge is 2.91. The van der Waals surface area contributed by atoms with E-state index < -0.39 is 29.4 Å². The lowest BCUT2D eigenvalue weighted by Crippen LogP contribution is -2.84. The van der Waals surface area contributed by atoms with Crippen LogP contribution in [0.1, 0.15) is 37.7 Å². The number of rotatable bonds is 8. The first-order valence-corrected chi connectivity index (χ1v) is 28.2. The van der Waals surface area contributed by atoms with E-state index in [1.807, 2.05) is 0 Å². The van der Waals surface area contributed by atoms with Gasteiger partial charge in [-0.3, -0.25) is 4.84 Å². The molecule has 173 valence electrons. The van der Waals surface area contributed by atoms with Crippen molar-refractivity contribution in [3.63, 3.8) is 0 Å². The zero-order valence-corrected chi connectivity index (χ0v) is 25.6. The highest BCUT2D eigenvalue weighted by atomic mass is 29.9. The molecule has 0 aliphatic heterocycles. The number of benzene rings is 1. The molecule has 1 spiro atoms. The first kappa shape index (κ1) is 24.1. The average Bonchev–Trinajstić information content (AvgIpc) is 2.93. The van der Waals surface area contributed by atoms with E-state index in [9.17, 15) is 0 Å². The fourth-order valence-corrected chi connectivity index (χ4v) is 115. The largest absolute Gasteiger partial charge is 0.277 e. The lowest BCUT2D eigenvalue weighted by atomic mass is 9.94. The van der Waals surface area contributed by atoms with Crippen LogP contribution in [0.2, 0.25) is 64.5 Å². The van der Waals surface area contributed by atoms with Gasteiger partial charge in [-0.25, -0.2) is 0 Å². The van der Waals surface area contributed by atoms with Crippen LogP contribution in [0.5, 0.6) is 0 Å². The van der Waals surface area contributed by atoms with Gasteiger partial charge in [0.1, 0.15) is 0 Å². The van der Waals surface area contributed by atoms with Crippen molar-refractivity contribution in [1.82, 2.24) is 5.48 Å². The van der Waals surface area contributed by atoms with Crippen LogP contribution < -0.4 is 5.48 Å². The van der Waals surface area contributed by atoms with E-state index in [1.54, 1.807) is 0 Å². The third-order valence-electron chi connectivity index (χ3n) is 9.74. The van der Waals surface area contributed by atoms with Crippen molar-refractivity contribution in [1.29, 1.82) is 0 Å². The molecular weight excluding hydrogens is 443 g/mol.